The largest absolute Gasteiger partial charge is 0.326 e. The number of nitrogens with zero attached hydrogens (tertiary/aromatic N) is 1. The van der Waals surface area contributed by atoms with Crippen LogP contribution in [0.4, 0.5) is 0 Å². The molecule has 0 radical (unpaired) electrons. The number of hydrogen-bond donors (Lipinski definition) is 2. The van der Waals surface area contributed by atoms with E-state index in [9.17, 15) is 18.0 Å². The van der Waals surface area contributed by atoms with Crippen molar-refractivity contribution in [1.82, 2.24) is 9.62 Å². The van der Waals surface area contributed by atoms with E-state index < -0.39 is 27.4 Å². The molecular formula is C11H15N3O4S2. The van der Waals surface area contributed by atoms with E-state index in [-0.39, 0.29) is 17.3 Å². The summed E-state index contributed by atoms with van der Waals surface area (Å²) in [6, 6.07) is 3.06. The van der Waals surface area contributed by atoms with Crippen LogP contribution in [0.5, 0.6) is 0 Å². The van der Waals surface area contributed by atoms with E-state index in [1.165, 1.54) is 19.9 Å². The predicted octanol–water partition coefficient (Wildman–Crippen LogP) is -0.367. The van der Waals surface area contributed by atoms with Gasteiger partial charge in [-0.1, -0.05) is 0 Å². The molecule has 7 nitrogen and oxygen atoms in total. The number of carbonyl (C=O) groups is 2. The van der Waals surface area contributed by atoms with Gasteiger partial charge < -0.3 is 5.73 Å². The molecule has 110 valence electrons. The topological polar surface area (TPSA) is 110 Å². The zero-order valence-electron chi connectivity index (χ0n) is 11.0. The highest BCUT2D eigenvalue weighted by molar-refractivity contribution is 7.91. The number of amides is 2. The lowest BCUT2D eigenvalue weighted by Gasteiger charge is -2.38. The second-order valence-electron chi connectivity index (χ2n) is 4.87. The van der Waals surface area contributed by atoms with E-state index in [2.05, 4.69) is 5.32 Å². The molecular weight excluding hydrogens is 302 g/mol. The molecule has 0 atom stereocenters. The maximum absolute atomic E-state index is 12.6. The predicted molar refractivity (Wildman–Crippen MR) is 73.3 cm³/mol. The third-order valence-corrected chi connectivity index (χ3v) is 6.70. The molecule has 1 aromatic heterocycles. The smallest absolute Gasteiger partial charge is 0.254 e. The van der Waals surface area contributed by atoms with Gasteiger partial charge >= 0.3 is 0 Å². The first-order valence-corrected chi connectivity index (χ1v) is 8.11. The lowest BCUT2D eigenvalue weighted by molar-refractivity contribution is -0.141. The summed E-state index contributed by atoms with van der Waals surface area (Å²) >= 11 is 1.04. The second kappa shape index (κ2) is 4.92. The number of rotatable bonds is 3. The first-order valence-electron chi connectivity index (χ1n) is 5.85. The minimum atomic E-state index is -3.91. The molecule has 9 heteroatoms. The summed E-state index contributed by atoms with van der Waals surface area (Å²) in [5.74, 6) is -1.26. The summed E-state index contributed by atoms with van der Waals surface area (Å²) < 4.78 is 26.2. The Labute approximate surface area is 120 Å². The molecule has 0 saturated carbocycles. The fourth-order valence-electron chi connectivity index (χ4n) is 1.86. The Bertz CT molecular complexity index is 663. The molecule has 0 bridgehead atoms. The van der Waals surface area contributed by atoms with Crippen molar-refractivity contribution < 1.29 is 18.0 Å². The number of piperazine rings is 1. The lowest BCUT2D eigenvalue weighted by atomic mass is 10.0. The quantitative estimate of drug-likeness (QED) is 0.739. The molecule has 0 unspecified atom stereocenters. The first-order chi connectivity index (χ1) is 9.19. The number of nitrogens with two attached hydrogens (primary N) is 1. The highest BCUT2D eigenvalue weighted by Crippen LogP contribution is 2.30. The van der Waals surface area contributed by atoms with E-state index in [4.69, 9.17) is 5.73 Å². The van der Waals surface area contributed by atoms with Crippen LogP contribution < -0.4 is 11.1 Å². The van der Waals surface area contributed by atoms with Gasteiger partial charge in [-0.15, -0.1) is 11.3 Å². The Balaban J connectivity index is 2.46. The van der Waals surface area contributed by atoms with Crippen LogP contribution in [0, 0.1) is 0 Å². The normalized spacial score (nSPS) is 19.9. The molecule has 1 aromatic rings. The molecule has 1 saturated heterocycles. The van der Waals surface area contributed by atoms with Crippen molar-refractivity contribution >= 4 is 33.2 Å². The maximum atomic E-state index is 12.6. The van der Waals surface area contributed by atoms with E-state index in [1.807, 2.05) is 0 Å². The Morgan fingerprint density at radius 1 is 1.40 bits per heavy atom. The zero-order valence-corrected chi connectivity index (χ0v) is 12.7. The highest BCUT2D eigenvalue weighted by Gasteiger charge is 2.47. The fraction of sp³-hybridized carbons (Fsp3) is 0.455. The molecule has 2 amide bonds. The molecule has 2 rings (SSSR count). The van der Waals surface area contributed by atoms with Gasteiger partial charge in [-0.2, -0.15) is 4.31 Å². The number of imide groups is 1. The summed E-state index contributed by atoms with van der Waals surface area (Å²) in [6.07, 6.45) is 0. The number of carbonyl (C=O) groups excluding carboxylic acids is 2. The van der Waals surface area contributed by atoms with Gasteiger partial charge in [0.2, 0.25) is 11.8 Å². The van der Waals surface area contributed by atoms with E-state index in [1.54, 1.807) is 6.07 Å². The van der Waals surface area contributed by atoms with Crippen molar-refractivity contribution in [2.45, 2.75) is 30.1 Å². The van der Waals surface area contributed by atoms with Gasteiger partial charge in [0.15, 0.2) is 0 Å². The summed E-state index contributed by atoms with van der Waals surface area (Å²) in [5.41, 5.74) is 4.15. The van der Waals surface area contributed by atoms with Crippen LogP contribution in [0.1, 0.15) is 18.7 Å². The van der Waals surface area contributed by atoms with Crippen LogP contribution in [0.3, 0.4) is 0 Å². The van der Waals surface area contributed by atoms with Crippen LogP contribution in [-0.2, 0) is 26.2 Å². The second-order valence-corrected chi connectivity index (χ2v) is 8.13. The Kier molecular flexibility index (Phi) is 3.71. The van der Waals surface area contributed by atoms with Crippen molar-refractivity contribution in [3.63, 3.8) is 0 Å². The van der Waals surface area contributed by atoms with E-state index in [0.717, 1.165) is 15.6 Å². The van der Waals surface area contributed by atoms with Crippen LogP contribution in [0.2, 0.25) is 0 Å². The Morgan fingerprint density at radius 2 is 2.05 bits per heavy atom. The minimum absolute atomic E-state index is 0.0773. The summed E-state index contributed by atoms with van der Waals surface area (Å²) in [5, 5.41) is 2.14. The van der Waals surface area contributed by atoms with Gasteiger partial charge in [-0.05, 0) is 26.0 Å². The standard InChI is InChI=1S/C11H15N3O4S2/c1-11(2)10(16)13-8(15)6-14(11)20(17,18)9-4-3-7(5-12)19-9/h3-4H,5-6,12H2,1-2H3,(H,13,15,16). The molecule has 1 fully saturated rings. The Morgan fingerprint density at radius 3 is 2.60 bits per heavy atom. The van der Waals surface area contributed by atoms with Gasteiger partial charge in [-0.3, -0.25) is 14.9 Å². The van der Waals surface area contributed by atoms with Crippen molar-refractivity contribution in [2.75, 3.05) is 6.54 Å². The summed E-state index contributed by atoms with van der Waals surface area (Å²) in [7, 11) is -3.91. The third kappa shape index (κ3) is 2.37. The molecule has 0 aliphatic carbocycles. The molecule has 1 aliphatic rings. The summed E-state index contributed by atoms with van der Waals surface area (Å²) in [6.45, 7) is 2.79. The minimum Gasteiger partial charge on any atom is -0.326 e. The average Bonchev–Trinajstić information content (AvgIpc) is 2.83. The number of hydrogen-bond acceptors (Lipinski definition) is 6. The van der Waals surface area contributed by atoms with Gasteiger partial charge in [0, 0.05) is 11.4 Å². The van der Waals surface area contributed by atoms with Crippen LogP contribution >= 0.6 is 11.3 Å². The Hall–Kier alpha value is -1.29. The van der Waals surface area contributed by atoms with Crippen molar-refractivity contribution in [2.24, 2.45) is 5.73 Å². The SMILES string of the molecule is CC1(C)C(=O)NC(=O)CN1S(=O)(=O)c1ccc(CN)s1. The number of sulfonamides is 1. The molecule has 20 heavy (non-hydrogen) atoms. The number of nitrogens with one attached hydrogen (secondary N) is 1. The van der Waals surface area contributed by atoms with Gasteiger partial charge in [-0.25, -0.2) is 8.42 Å². The number of thiophene rings is 1. The summed E-state index contributed by atoms with van der Waals surface area (Å²) in [4.78, 5) is 24.0. The average molecular weight is 317 g/mol. The van der Waals surface area contributed by atoms with Crippen LogP contribution in [0.15, 0.2) is 16.3 Å². The third-order valence-electron chi connectivity index (χ3n) is 3.10. The van der Waals surface area contributed by atoms with Crippen LogP contribution in [0.25, 0.3) is 0 Å². The van der Waals surface area contributed by atoms with Crippen molar-refractivity contribution in [1.29, 1.82) is 0 Å². The monoisotopic (exact) mass is 317 g/mol. The van der Waals surface area contributed by atoms with Gasteiger partial charge in [0.25, 0.3) is 10.0 Å². The highest BCUT2D eigenvalue weighted by atomic mass is 32.2. The molecule has 3 N–H and O–H groups in total. The lowest BCUT2D eigenvalue weighted by Crippen LogP contribution is -2.65. The van der Waals surface area contributed by atoms with Gasteiger partial charge in [0.05, 0.1) is 6.54 Å². The molecule has 1 aliphatic heterocycles. The van der Waals surface area contributed by atoms with Crippen molar-refractivity contribution in [3.8, 4) is 0 Å². The first kappa shape index (κ1) is 15.1. The van der Waals surface area contributed by atoms with E-state index >= 15 is 0 Å². The zero-order chi connectivity index (χ0) is 15.1. The molecule has 0 aromatic carbocycles. The maximum Gasteiger partial charge on any atom is 0.254 e. The van der Waals surface area contributed by atoms with Crippen LogP contribution in [-0.4, -0.2) is 36.6 Å². The molecule has 2 heterocycles. The van der Waals surface area contributed by atoms with Crippen molar-refractivity contribution in [3.05, 3.63) is 17.0 Å². The van der Waals surface area contributed by atoms with Gasteiger partial charge in [0.1, 0.15) is 9.75 Å². The van der Waals surface area contributed by atoms with E-state index in [0.29, 0.717) is 4.88 Å². The molecule has 0 spiro atoms. The fourth-order valence-corrected chi connectivity index (χ4v) is 4.92.